The Labute approximate surface area is 152 Å². The lowest BCUT2D eigenvalue weighted by atomic mass is 9.90. The number of aromatic nitrogens is 2. The molecule has 1 aromatic carbocycles. The van der Waals surface area contributed by atoms with Crippen LogP contribution in [0.25, 0.3) is 0 Å². The van der Waals surface area contributed by atoms with Crippen molar-refractivity contribution in [2.24, 2.45) is 5.92 Å². The first kappa shape index (κ1) is 17.1. The van der Waals surface area contributed by atoms with Crippen LogP contribution in [-0.2, 0) is 6.54 Å². The van der Waals surface area contributed by atoms with Crippen molar-refractivity contribution >= 4 is 11.6 Å². The Kier molecular flexibility index (Phi) is 4.24. The third kappa shape index (κ3) is 2.37. The van der Waals surface area contributed by atoms with Crippen molar-refractivity contribution in [2.45, 2.75) is 46.2 Å². The van der Waals surface area contributed by atoms with Crippen LogP contribution in [0.2, 0.25) is 0 Å². The molecule has 0 aliphatic heterocycles. The summed E-state index contributed by atoms with van der Waals surface area (Å²) in [7, 11) is 0. The van der Waals surface area contributed by atoms with E-state index in [4.69, 9.17) is 0 Å². The fourth-order valence-corrected chi connectivity index (χ4v) is 3.64. The number of hydrogen-bond acceptors (Lipinski definition) is 2. The Hall–Kier alpha value is -1.75. The third-order valence-corrected chi connectivity index (χ3v) is 4.78. The normalized spacial score (nSPS) is 16.0. The first-order chi connectivity index (χ1) is 11.0. The number of carbonyl (C=O) groups is 2. The third-order valence-electron chi connectivity index (χ3n) is 4.78. The van der Waals surface area contributed by atoms with E-state index in [-0.39, 0.29) is 28.5 Å². The lowest BCUT2D eigenvalue weighted by molar-refractivity contribution is -0.709. The van der Waals surface area contributed by atoms with E-state index in [9.17, 15) is 9.59 Å². The number of hydrogen-bond donors (Lipinski definition) is 0. The second-order valence-corrected chi connectivity index (χ2v) is 7.05. The second-order valence-electron chi connectivity index (χ2n) is 7.05. The molecular weight excluding hydrogens is 368 g/mol. The molecule has 5 heteroatoms. The molecule has 1 aromatic heterocycles. The average Bonchev–Trinajstić information content (AvgIpc) is 3.31. The summed E-state index contributed by atoms with van der Waals surface area (Å²) < 4.78 is 4.18. The zero-order valence-electron chi connectivity index (χ0n) is 14.2. The van der Waals surface area contributed by atoms with Gasteiger partial charge < -0.3 is 17.0 Å². The van der Waals surface area contributed by atoms with Gasteiger partial charge in [0.25, 0.3) is 5.82 Å². The quantitative estimate of drug-likeness (QED) is 0.585. The molecule has 0 saturated heterocycles. The summed E-state index contributed by atoms with van der Waals surface area (Å²) in [5, 5.41) is 0. The van der Waals surface area contributed by atoms with Crippen LogP contribution < -0.4 is 21.5 Å². The van der Waals surface area contributed by atoms with Gasteiger partial charge in [0.2, 0.25) is 23.0 Å². The molecule has 0 radical (unpaired) electrons. The Morgan fingerprint density at radius 1 is 1.12 bits per heavy atom. The largest absolute Gasteiger partial charge is 1.00 e. The van der Waals surface area contributed by atoms with E-state index >= 15 is 0 Å². The van der Waals surface area contributed by atoms with Gasteiger partial charge in [-0.3, -0.25) is 9.59 Å². The fraction of sp³-hybridized carbons (Fsp3) is 0.421. The summed E-state index contributed by atoms with van der Waals surface area (Å²) in [6.45, 7) is 7.06. The highest BCUT2D eigenvalue weighted by Crippen LogP contribution is 2.39. The minimum absolute atomic E-state index is 0. The van der Waals surface area contributed by atoms with Gasteiger partial charge >= 0.3 is 0 Å². The van der Waals surface area contributed by atoms with Gasteiger partial charge in [-0.1, -0.05) is 38.1 Å². The number of halogens is 1. The van der Waals surface area contributed by atoms with Crippen LogP contribution in [0.15, 0.2) is 24.3 Å². The summed E-state index contributed by atoms with van der Waals surface area (Å²) in [6, 6.07) is 7.56. The summed E-state index contributed by atoms with van der Waals surface area (Å²) in [5.41, 5.74) is 2.28. The molecule has 4 rings (SSSR count). The molecule has 126 valence electrons. The molecule has 0 unspecified atom stereocenters. The predicted octanol–water partition coefficient (Wildman–Crippen LogP) is -0.146. The van der Waals surface area contributed by atoms with E-state index in [0.717, 1.165) is 25.2 Å². The standard InChI is InChI=1S/C19H21N2O2.BrH/c1-11(2)10-20-12(3)21(13-8-9-13)17-16(20)18(22)14-6-4-5-7-15(14)19(17)23;/h4-7,11,13H,8-10H2,1-3H3;1H/q+1;/p-1. The van der Waals surface area contributed by atoms with Gasteiger partial charge in [0.1, 0.15) is 6.04 Å². The Morgan fingerprint density at radius 2 is 1.71 bits per heavy atom. The number of rotatable bonds is 3. The molecule has 1 heterocycles. The lowest BCUT2D eigenvalue weighted by Crippen LogP contribution is -3.00. The van der Waals surface area contributed by atoms with Gasteiger partial charge in [-0.05, 0) is 18.8 Å². The topological polar surface area (TPSA) is 43.0 Å². The maximum absolute atomic E-state index is 13.1. The van der Waals surface area contributed by atoms with Crippen molar-refractivity contribution in [2.75, 3.05) is 0 Å². The number of ketones is 2. The predicted molar refractivity (Wildman–Crippen MR) is 85.8 cm³/mol. The number of benzene rings is 1. The van der Waals surface area contributed by atoms with Gasteiger partial charge in [-0.25, -0.2) is 9.13 Å². The van der Waals surface area contributed by atoms with E-state index < -0.39 is 0 Å². The summed E-state index contributed by atoms with van der Waals surface area (Å²) in [5.74, 6) is 1.42. The molecule has 2 aliphatic carbocycles. The molecule has 1 saturated carbocycles. The minimum atomic E-state index is -0.0154. The van der Waals surface area contributed by atoms with Crippen molar-refractivity contribution in [1.82, 2.24) is 4.57 Å². The second kappa shape index (κ2) is 5.96. The Morgan fingerprint density at radius 3 is 2.25 bits per heavy atom. The smallest absolute Gasteiger partial charge is 0.254 e. The number of imidazole rings is 1. The summed E-state index contributed by atoms with van der Waals surface area (Å²) in [6.07, 6.45) is 2.18. The molecule has 2 aliphatic rings. The van der Waals surface area contributed by atoms with E-state index in [1.54, 1.807) is 12.1 Å². The van der Waals surface area contributed by atoms with E-state index in [1.165, 1.54) is 0 Å². The Balaban J connectivity index is 0.00000169. The van der Waals surface area contributed by atoms with E-state index in [2.05, 4.69) is 23.0 Å². The molecular formula is C19H21BrN2O2. The van der Waals surface area contributed by atoms with Gasteiger partial charge in [-0.2, -0.15) is 0 Å². The number of carbonyl (C=O) groups excluding carboxylic acids is 2. The van der Waals surface area contributed by atoms with Gasteiger partial charge in [0, 0.05) is 18.1 Å². The van der Waals surface area contributed by atoms with Crippen molar-refractivity contribution in [3.8, 4) is 0 Å². The van der Waals surface area contributed by atoms with Crippen LogP contribution in [0, 0.1) is 12.8 Å². The van der Waals surface area contributed by atoms with Crippen molar-refractivity contribution in [3.05, 3.63) is 52.6 Å². The maximum atomic E-state index is 13.1. The Bertz CT molecular complexity index is 847. The fourth-order valence-electron chi connectivity index (χ4n) is 3.64. The molecule has 0 amide bonds. The average molecular weight is 389 g/mol. The molecule has 0 N–H and O–H groups in total. The van der Waals surface area contributed by atoms with Gasteiger partial charge in [0.05, 0.1) is 6.54 Å². The highest BCUT2D eigenvalue weighted by Gasteiger charge is 2.46. The molecule has 0 spiro atoms. The van der Waals surface area contributed by atoms with Crippen molar-refractivity contribution < 1.29 is 31.1 Å². The van der Waals surface area contributed by atoms with Crippen LogP contribution >= 0.6 is 0 Å². The molecule has 0 atom stereocenters. The van der Waals surface area contributed by atoms with Gasteiger partial charge in [-0.15, -0.1) is 0 Å². The lowest BCUT2D eigenvalue weighted by Gasteiger charge is -2.13. The molecule has 1 fully saturated rings. The monoisotopic (exact) mass is 388 g/mol. The molecule has 2 aromatic rings. The first-order valence-corrected chi connectivity index (χ1v) is 8.33. The molecule has 0 bridgehead atoms. The zero-order valence-corrected chi connectivity index (χ0v) is 15.8. The highest BCUT2D eigenvalue weighted by molar-refractivity contribution is 6.26. The zero-order chi connectivity index (χ0) is 16.3. The molecule has 24 heavy (non-hydrogen) atoms. The molecule has 4 nitrogen and oxygen atoms in total. The summed E-state index contributed by atoms with van der Waals surface area (Å²) >= 11 is 0. The number of nitrogens with zero attached hydrogens (tertiary/aromatic N) is 2. The van der Waals surface area contributed by atoms with Crippen molar-refractivity contribution in [1.29, 1.82) is 0 Å². The van der Waals surface area contributed by atoms with Crippen LogP contribution in [0.5, 0.6) is 0 Å². The first-order valence-electron chi connectivity index (χ1n) is 8.33. The SMILES string of the molecule is Cc1n(C2CC2)c2c([n+]1CC(C)C)C(=O)c1ccccc1C2=O.[Br-]. The summed E-state index contributed by atoms with van der Waals surface area (Å²) in [4.78, 5) is 26.1. The van der Waals surface area contributed by atoms with E-state index in [0.29, 0.717) is 34.5 Å². The van der Waals surface area contributed by atoms with Crippen LogP contribution in [0.1, 0.15) is 70.7 Å². The number of fused-ring (bicyclic) bond motifs is 2. The highest BCUT2D eigenvalue weighted by atomic mass is 79.9. The van der Waals surface area contributed by atoms with Crippen LogP contribution in [0.4, 0.5) is 0 Å². The minimum Gasteiger partial charge on any atom is -1.00 e. The van der Waals surface area contributed by atoms with Crippen LogP contribution in [-0.4, -0.2) is 16.1 Å². The van der Waals surface area contributed by atoms with Gasteiger partial charge in [0.15, 0.2) is 0 Å². The van der Waals surface area contributed by atoms with E-state index in [1.807, 2.05) is 19.1 Å². The van der Waals surface area contributed by atoms with Crippen molar-refractivity contribution in [3.63, 3.8) is 0 Å². The maximum Gasteiger partial charge on any atom is 0.254 e. The van der Waals surface area contributed by atoms with Crippen LogP contribution in [0.3, 0.4) is 0 Å².